The van der Waals surface area contributed by atoms with E-state index in [0.717, 1.165) is 199 Å². The van der Waals surface area contributed by atoms with Crippen LogP contribution in [0.25, 0.3) is 0 Å². The third kappa shape index (κ3) is 71.3. The molecule has 570 valence electrons. The van der Waals surface area contributed by atoms with E-state index in [-0.39, 0.29) is 25.7 Å². The first-order chi connectivity index (χ1) is 48.7. The normalized spacial score (nSPS) is 14.8. The van der Waals surface area contributed by atoms with Crippen molar-refractivity contribution in [3.05, 3.63) is 146 Å². The van der Waals surface area contributed by atoms with E-state index in [9.17, 15) is 43.2 Å². The number of hydrogen-bond acceptors (Lipinski definition) is 15. The summed E-state index contributed by atoms with van der Waals surface area (Å²) in [4.78, 5) is 72.8. The van der Waals surface area contributed by atoms with Crippen LogP contribution in [0.15, 0.2) is 146 Å². The summed E-state index contributed by atoms with van der Waals surface area (Å²) >= 11 is 0. The number of hydrogen-bond donors (Lipinski definition) is 3. The Kier molecular flexibility index (Phi) is 68.6. The molecule has 0 fully saturated rings. The molecular formula is C81H134O17P2. The summed E-state index contributed by atoms with van der Waals surface area (Å²) in [5.74, 6) is -2.28. The highest BCUT2D eigenvalue weighted by molar-refractivity contribution is 7.47. The third-order valence-corrected chi connectivity index (χ3v) is 17.1. The van der Waals surface area contributed by atoms with E-state index in [1.165, 1.54) is 0 Å². The van der Waals surface area contributed by atoms with Gasteiger partial charge in [-0.05, 0) is 154 Å². The highest BCUT2D eigenvalue weighted by Crippen LogP contribution is 2.45. The fourth-order valence-corrected chi connectivity index (χ4v) is 11.1. The van der Waals surface area contributed by atoms with Crippen LogP contribution in [0.4, 0.5) is 0 Å². The van der Waals surface area contributed by atoms with Crippen LogP contribution >= 0.6 is 15.6 Å². The van der Waals surface area contributed by atoms with Gasteiger partial charge in [-0.1, -0.05) is 251 Å². The zero-order valence-corrected chi connectivity index (χ0v) is 63.9. The van der Waals surface area contributed by atoms with Crippen molar-refractivity contribution in [3.8, 4) is 0 Å². The van der Waals surface area contributed by atoms with Crippen molar-refractivity contribution in [2.75, 3.05) is 39.6 Å². The lowest BCUT2D eigenvalue weighted by atomic mass is 10.1. The summed E-state index contributed by atoms with van der Waals surface area (Å²) in [6, 6.07) is 0. The number of allylic oxidation sites excluding steroid dienone is 24. The highest BCUT2D eigenvalue weighted by Gasteiger charge is 2.30. The number of unbranched alkanes of at least 4 members (excludes halogenated alkanes) is 20. The van der Waals surface area contributed by atoms with Gasteiger partial charge >= 0.3 is 39.5 Å². The lowest BCUT2D eigenvalue weighted by molar-refractivity contribution is -0.161. The maximum atomic E-state index is 13.1. The first kappa shape index (κ1) is 94.9. The van der Waals surface area contributed by atoms with Crippen molar-refractivity contribution < 1.29 is 80.2 Å². The first-order valence-electron chi connectivity index (χ1n) is 38.1. The molecule has 0 spiro atoms. The second-order valence-electron chi connectivity index (χ2n) is 24.8. The third-order valence-electron chi connectivity index (χ3n) is 15.2. The number of rotatable bonds is 70. The molecule has 0 saturated carbocycles. The lowest BCUT2D eigenvalue weighted by Gasteiger charge is -2.21. The van der Waals surface area contributed by atoms with Gasteiger partial charge in [0.05, 0.1) is 26.4 Å². The number of aliphatic hydroxyl groups excluding tert-OH is 1. The Hall–Kier alpha value is -5.06. The average molecular weight is 1440 g/mol. The summed E-state index contributed by atoms with van der Waals surface area (Å²) in [6.07, 6.45) is 81.3. The van der Waals surface area contributed by atoms with Gasteiger partial charge in [0.15, 0.2) is 12.2 Å². The summed E-state index contributed by atoms with van der Waals surface area (Å²) in [5, 5.41) is 10.6. The SMILES string of the molecule is CC/C=C\C/C=C\C/C=C\C/C=C\CCCCCCCCC(=O)OCC(COP(=O)(O)OCC(O)COP(=O)(O)OCC(COC(=O)CCCCCCC/C=C\C/C=C\CCC)OC(=O)CCCCCCC/C=C\C/C=C\CCC)OC(=O)CCCC/C=C\C/C=C\C/C=C\C/C=C\CC. The number of ether oxygens (including phenoxy) is 4. The number of aliphatic hydroxyl groups is 1. The minimum Gasteiger partial charge on any atom is -0.462 e. The van der Waals surface area contributed by atoms with Gasteiger partial charge in [-0.3, -0.25) is 37.3 Å². The van der Waals surface area contributed by atoms with Crippen molar-refractivity contribution >= 4 is 39.5 Å². The van der Waals surface area contributed by atoms with Gasteiger partial charge in [0, 0.05) is 25.7 Å². The van der Waals surface area contributed by atoms with Gasteiger partial charge in [-0.2, -0.15) is 0 Å². The van der Waals surface area contributed by atoms with E-state index < -0.39 is 97.5 Å². The van der Waals surface area contributed by atoms with Crippen LogP contribution in [0, 0.1) is 0 Å². The van der Waals surface area contributed by atoms with Gasteiger partial charge in [-0.15, -0.1) is 0 Å². The molecule has 0 saturated heterocycles. The molecule has 17 nitrogen and oxygen atoms in total. The van der Waals surface area contributed by atoms with Gasteiger partial charge in [0.25, 0.3) is 0 Å². The zero-order chi connectivity index (χ0) is 73.2. The van der Waals surface area contributed by atoms with Crippen molar-refractivity contribution in [3.63, 3.8) is 0 Å². The van der Waals surface area contributed by atoms with E-state index in [4.69, 9.17) is 37.0 Å². The molecule has 0 aliphatic heterocycles. The minimum absolute atomic E-state index is 0.0344. The molecule has 0 aliphatic carbocycles. The summed E-state index contributed by atoms with van der Waals surface area (Å²) in [7, 11) is -9.98. The van der Waals surface area contributed by atoms with Crippen LogP contribution in [-0.4, -0.2) is 96.7 Å². The summed E-state index contributed by atoms with van der Waals surface area (Å²) < 4.78 is 68.4. The second kappa shape index (κ2) is 72.3. The second-order valence-corrected chi connectivity index (χ2v) is 27.7. The lowest BCUT2D eigenvalue weighted by Crippen LogP contribution is -2.30. The van der Waals surface area contributed by atoms with Crippen molar-refractivity contribution in [2.24, 2.45) is 0 Å². The van der Waals surface area contributed by atoms with Crippen LogP contribution < -0.4 is 0 Å². The van der Waals surface area contributed by atoms with Crippen LogP contribution in [0.3, 0.4) is 0 Å². The van der Waals surface area contributed by atoms with Crippen molar-refractivity contribution in [2.45, 2.75) is 303 Å². The first-order valence-corrected chi connectivity index (χ1v) is 41.1. The highest BCUT2D eigenvalue weighted by atomic mass is 31.2. The maximum Gasteiger partial charge on any atom is 0.472 e. The summed E-state index contributed by atoms with van der Waals surface area (Å²) in [5.41, 5.74) is 0. The Bertz CT molecular complexity index is 2470. The zero-order valence-electron chi connectivity index (χ0n) is 62.1. The van der Waals surface area contributed by atoms with Crippen molar-refractivity contribution in [1.82, 2.24) is 0 Å². The number of phosphoric acid groups is 2. The molecule has 5 atom stereocenters. The Morgan fingerprint density at radius 1 is 0.290 bits per heavy atom. The van der Waals surface area contributed by atoms with Crippen LogP contribution in [-0.2, 0) is 65.4 Å². The number of carbonyl (C=O) groups excluding carboxylic acids is 4. The Morgan fingerprint density at radius 2 is 0.520 bits per heavy atom. The van der Waals surface area contributed by atoms with Crippen LogP contribution in [0.2, 0.25) is 0 Å². The fourth-order valence-electron chi connectivity index (χ4n) is 9.51. The molecule has 0 rings (SSSR count). The summed E-state index contributed by atoms with van der Waals surface area (Å²) in [6.45, 7) is 4.40. The molecule has 0 amide bonds. The Labute approximate surface area is 605 Å². The molecule has 0 aromatic rings. The molecule has 0 heterocycles. The standard InChI is InChI=1S/C81H134O17P2/c1-5-9-13-17-21-25-29-33-35-36-37-38-40-43-46-50-54-58-62-66-79(84)92-72-77(98-81(86)68-64-60-56-52-48-44-39-34-30-26-22-18-14-10-6-2)74-96-100(89,90)94-70-75(82)69-93-99(87,88)95-73-76(97-80(85)67-63-59-55-51-47-42-32-28-24-20-16-12-8-4)71-91-78(83)65-61-57-53-49-45-41-31-27-23-19-15-11-7-3/h9-10,13-16,19-22,25-28,31-35,37-39,48,52,75-77,82H,5-8,11-12,17-18,23-24,29-30,36,40-47,49-51,53-74H2,1-4H3,(H,87,88)(H,89,90)/b13-9-,14-10-,19-15-,20-16-,25-21-,26-22-,31-27-,32-28-,35-33-,38-37-,39-34-,52-48-. The van der Waals surface area contributed by atoms with Gasteiger partial charge in [0.2, 0.25) is 0 Å². The average Bonchev–Trinajstić information content (AvgIpc) is 0.946. The van der Waals surface area contributed by atoms with Gasteiger partial charge < -0.3 is 33.8 Å². The van der Waals surface area contributed by atoms with E-state index >= 15 is 0 Å². The molecule has 0 aliphatic rings. The largest absolute Gasteiger partial charge is 0.472 e. The van der Waals surface area contributed by atoms with Gasteiger partial charge in [-0.25, -0.2) is 9.13 Å². The van der Waals surface area contributed by atoms with Crippen molar-refractivity contribution in [1.29, 1.82) is 0 Å². The minimum atomic E-state index is -5.00. The molecule has 100 heavy (non-hydrogen) atoms. The topological polar surface area (TPSA) is 237 Å². The molecule has 19 heteroatoms. The Morgan fingerprint density at radius 3 is 0.820 bits per heavy atom. The molecule has 3 N–H and O–H groups in total. The number of phosphoric ester groups is 2. The molecule has 0 radical (unpaired) electrons. The maximum absolute atomic E-state index is 13.1. The van der Waals surface area contributed by atoms with E-state index in [0.29, 0.717) is 32.1 Å². The predicted octanol–water partition coefficient (Wildman–Crippen LogP) is 21.9. The van der Waals surface area contributed by atoms with E-state index in [1.54, 1.807) is 0 Å². The van der Waals surface area contributed by atoms with E-state index in [2.05, 4.69) is 174 Å². The van der Waals surface area contributed by atoms with E-state index in [1.807, 2.05) is 0 Å². The molecule has 0 aromatic heterocycles. The molecule has 0 aromatic carbocycles. The molecule has 0 bridgehead atoms. The number of esters is 4. The fraction of sp³-hybridized carbons (Fsp3) is 0.654. The number of carbonyl (C=O) groups is 4. The smallest absolute Gasteiger partial charge is 0.462 e. The van der Waals surface area contributed by atoms with Gasteiger partial charge in [0.1, 0.15) is 19.3 Å². The van der Waals surface area contributed by atoms with Crippen LogP contribution in [0.1, 0.15) is 285 Å². The predicted molar refractivity (Wildman–Crippen MR) is 408 cm³/mol. The van der Waals surface area contributed by atoms with Crippen LogP contribution in [0.5, 0.6) is 0 Å². The molecular weight excluding hydrogens is 1310 g/mol. The molecule has 5 unspecified atom stereocenters. The Balaban J connectivity index is 5.41. The quantitative estimate of drug-likeness (QED) is 0.0169. The monoisotopic (exact) mass is 1440 g/mol.